The lowest BCUT2D eigenvalue weighted by atomic mass is 10.0. The number of methoxy groups -OCH3 is 1. The molecule has 0 atom stereocenters. The van der Waals surface area contributed by atoms with Crippen LogP contribution in [0.1, 0.15) is 12.8 Å². The predicted molar refractivity (Wildman–Crippen MR) is 116 cm³/mol. The van der Waals surface area contributed by atoms with Gasteiger partial charge in [-0.1, -0.05) is 36.4 Å². The van der Waals surface area contributed by atoms with E-state index in [1.54, 1.807) is 13.2 Å². The summed E-state index contributed by atoms with van der Waals surface area (Å²) in [4.78, 5) is 16.2. The molecule has 0 spiro atoms. The first-order valence-electron chi connectivity index (χ1n) is 10.1. The van der Waals surface area contributed by atoms with Crippen molar-refractivity contribution in [2.24, 2.45) is 0 Å². The van der Waals surface area contributed by atoms with Gasteiger partial charge in [0.2, 0.25) is 5.91 Å². The van der Waals surface area contributed by atoms with Crippen molar-refractivity contribution in [3.8, 4) is 22.6 Å². The quantitative estimate of drug-likeness (QED) is 0.669. The van der Waals surface area contributed by atoms with Gasteiger partial charge in [-0.05, 0) is 37.9 Å². The Morgan fingerprint density at radius 3 is 2.62 bits per heavy atom. The standard InChI is InChI=1S/C24H30N2O3/c1-25(2)15-7-12-24(27)26-16-13-20(14-17-26)29-21-9-6-8-19(18-21)22-10-4-5-11-23(22)28-3/h4-12,18,20H,13-17H2,1-3H3/b12-7+. The van der Waals surface area contributed by atoms with E-state index in [1.165, 1.54) is 0 Å². The van der Waals surface area contributed by atoms with Crippen LogP contribution < -0.4 is 9.47 Å². The molecule has 0 N–H and O–H groups in total. The number of hydrogen-bond donors (Lipinski definition) is 0. The number of amides is 1. The third-order valence-electron chi connectivity index (χ3n) is 5.04. The lowest BCUT2D eigenvalue weighted by Gasteiger charge is -2.31. The molecule has 0 unspecified atom stereocenters. The smallest absolute Gasteiger partial charge is 0.246 e. The average molecular weight is 395 g/mol. The molecule has 0 saturated carbocycles. The molecule has 1 heterocycles. The first-order chi connectivity index (χ1) is 14.1. The van der Waals surface area contributed by atoms with E-state index in [-0.39, 0.29) is 12.0 Å². The lowest BCUT2D eigenvalue weighted by Crippen LogP contribution is -2.41. The second kappa shape index (κ2) is 10.1. The van der Waals surface area contributed by atoms with Gasteiger partial charge in [0.25, 0.3) is 0 Å². The molecule has 1 amide bonds. The highest BCUT2D eigenvalue weighted by molar-refractivity contribution is 5.87. The zero-order valence-electron chi connectivity index (χ0n) is 17.5. The normalized spacial score (nSPS) is 15.1. The first-order valence-corrected chi connectivity index (χ1v) is 10.1. The molecule has 0 radical (unpaired) electrons. The van der Waals surface area contributed by atoms with Crippen LogP contribution in [-0.2, 0) is 4.79 Å². The largest absolute Gasteiger partial charge is 0.496 e. The minimum absolute atomic E-state index is 0.0865. The van der Waals surface area contributed by atoms with Gasteiger partial charge in [0.05, 0.1) is 7.11 Å². The van der Waals surface area contributed by atoms with Crippen molar-refractivity contribution < 1.29 is 14.3 Å². The number of rotatable bonds is 7. The minimum Gasteiger partial charge on any atom is -0.496 e. The van der Waals surface area contributed by atoms with Gasteiger partial charge < -0.3 is 19.3 Å². The number of hydrogen-bond acceptors (Lipinski definition) is 4. The van der Waals surface area contributed by atoms with Crippen molar-refractivity contribution >= 4 is 5.91 Å². The lowest BCUT2D eigenvalue weighted by molar-refractivity contribution is -0.127. The summed E-state index contributed by atoms with van der Waals surface area (Å²) in [6.07, 6.45) is 5.39. The van der Waals surface area contributed by atoms with Gasteiger partial charge in [0.15, 0.2) is 0 Å². The van der Waals surface area contributed by atoms with Gasteiger partial charge in [0.1, 0.15) is 17.6 Å². The molecule has 1 saturated heterocycles. The van der Waals surface area contributed by atoms with Crippen LogP contribution in [-0.4, -0.2) is 62.7 Å². The van der Waals surface area contributed by atoms with Crippen LogP contribution in [0.2, 0.25) is 0 Å². The number of likely N-dealkylation sites (N-methyl/N-ethyl adjacent to an activating group) is 1. The molecule has 3 rings (SSSR count). The number of carbonyl (C=O) groups is 1. The molecule has 5 heteroatoms. The highest BCUT2D eigenvalue weighted by Crippen LogP contribution is 2.32. The molecule has 1 fully saturated rings. The summed E-state index contributed by atoms with van der Waals surface area (Å²) in [5.41, 5.74) is 2.11. The van der Waals surface area contributed by atoms with Gasteiger partial charge in [0, 0.05) is 44.1 Å². The maximum Gasteiger partial charge on any atom is 0.246 e. The zero-order valence-corrected chi connectivity index (χ0v) is 17.5. The molecule has 2 aromatic rings. The summed E-state index contributed by atoms with van der Waals surface area (Å²) in [6, 6.07) is 16.1. The van der Waals surface area contributed by atoms with Crippen molar-refractivity contribution in [2.45, 2.75) is 18.9 Å². The number of benzene rings is 2. The van der Waals surface area contributed by atoms with Crippen molar-refractivity contribution in [3.05, 3.63) is 60.7 Å². The van der Waals surface area contributed by atoms with Crippen molar-refractivity contribution in [3.63, 3.8) is 0 Å². The highest BCUT2D eigenvalue weighted by Gasteiger charge is 2.23. The van der Waals surface area contributed by atoms with E-state index in [0.29, 0.717) is 0 Å². The molecule has 2 aromatic carbocycles. The topological polar surface area (TPSA) is 42.0 Å². The van der Waals surface area contributed by atoms with Gasteiger partial charge in [-0.15, -0.1) is 0 Å². The van der Waals surface area contributed by atoms with E-state index in [0.717, 1.165) is 55.1 Å². The van der Waals surface area contributed by atoms with E-state index < -0.39 is 0 Å². The summed E-state index contributed by atoms with van der Waals surface area (Å²) in [6.45, 7) is 2.22. The fourth-order valence-corrected chi connectivity index (χ4v) is 3.48. The summed E-state index contributed by atoms with van der Waals surface area (Å²) in [5.74, 6) is 1.78. The molecule has 0 bridgehead atoms. The maximum absolute atomic E-state index is 12.3. The maximum atomic E-state index is 12.3. The molecular formula is C24H30N2O3. The monoisotopic (exact) mass is 394 g/mol. The summed E-state index contributed by atoms with van der Waals surface area (Å²) in [7, 11) is 5.66. The van der Waals surface area contributed by atoms with Gasteiger partial charge in [-0.3, -0.25) is 4.79 Å². The molecule has 0 aromatic heterocycles. The number of nitrogens with zero attached hydrogens (tertiary/aromatic N) is 2. The summed E-state index contributed by atoms with van der Waals surface area (Å²) < 4.78 is 11.7. The van der Waals surface area contributed by atoms with Crippen LogP contribution in [0.5, 0.6) is 11.5 Å². The first kappa shape index (κ1) is 20.9. The Morgan fingerprint density at radius 2 is 1.90 bits per heavy atom. The molecule has 29 heavy (non-hydrogen) atoms. The Morgan fingerprint density at radius 1 is 1.14 bits per heavy atom. The fourth-order valence-electron chi connectivity index (χ4n) is 3.48. The molecule has 5 nitrogen and oxygen atoms in total. The number of para-hydroxylation sites is 1. The Labute approximate surface area is 173 Å². The van der Waals surface area contributed by atoms with E-state index in [1.807, 2.05) is 66.4 Å². The van der Waals surface area contributed by atoms with E-state index in [2.05, 4.69) is 12.1 Å². The molecule has 1 aliphatic rings. The fraction of sp³-hybridized carbons (Fsp3) is 0.375. The molecule has 1 aliphatic heterocycles. The predicted octanol–water partition coefficient (Wildman–Crippen LogP) is 3.85. The third kappa shape index (κ3) is 5.84. The van der Waals surface area contributed by atoms with Crippen LogP contribution in [0.3, 0.4) is 0 Å². The second-order valence-corrected chi connectivity index (χ2v) is 7.54. The van der Waals surface area contributed by atoms with Crippen LogP contribution in [0.15, 0.2) is 60.7 Å². The van der Waals surface area contributed by atoms with Crippen molar-refractivity contribution in [1.82, 2.24) is 9.80 Å². The Balaban J connectivity index is 1.57. The third-order valence-corrected chi connectivity index (χ3v) is 5.04. The van der Waals surface area contributed by atoms with Gasteiger partial charge >= 0.3 is 0 Å². The Kier molecular flexibility index (Phi) is 7.30. The highest BCUT2D eigenvalue weighted by atomic mass is 16.5. The van der Waals surface area contributed by atoms with Gasteiger partial charge in [-0.2, -0.15) is 0 Å². The molecular weight excluding hydrogens is 364 g/mol. The Bertz CT molecular complexity index is 840. The van der Waals surface area contributed by atoms with Crippen LogP contribution in [0.4, 0.5) is 0 Å². The van der Waals surface area contributed by atoms with E-state index in [4.69, 9.17) is 9.47 Å². The van der Waals surface area contributed by atoms with Gasteiger partial charge in [-0.25, -0.2) is 0 Å². The molecule has 0 aliphatic carbocycles. The number of ether oxygens (including phenoxy) is 2. The van der Waals surface area contributed by atoms with E-state index in [9.17, 15) is 4.79 Å². The Hall–Kier alpha value is -2.79. The summed E-state index contributed by atoms with van der Waals surface area (Å²) >= 11 is 0. The van der Waals surface area contributed by atoms with E-state index >= 15 is 0 Å². The number of carbonyl (C=O) groups excluding carboxylic acids is 1. The van der Waals surface area contributed by atoms with Crippen LogP contribution in [0.25, 0.3) is 11.1 Å². The minimum atomic E-state index is 0.0865. The van der Waals surface area contributed by atoms with Crippen LogP contribution in [0, 0.1) is 0 Å². The van der Waals surface area contributed by atoms with Crippen LogP contribution >= 0.6 is 0 Å². The average Bonchev–Trinajstić information content (AvgIpc) is 2.74. The zero-order chi connectivity index (χ0) is 20.6. The number of piperidine rings is 1. The SMILES string of the molecule is COc1ccccc1-c1cccc(OC2CCN(C(=O)/C=C/CN(C)C)CC2)c1. The van der Waals surface area contributed by atoms with Crippen molar-refractivity contribution in [2.75, 3.05) is 40.8 Å². The molecule has 154 valence electrons. The van der Waals surface area contributed by atoms with Crippen molar-refractivity contribution in [1.29, 1.82) is 0 Å². The summed E-state index contributed by atoms with van der Waals surface area (Å²) in [5, 5.41) is 0. The number of likely N-dealkylation sites (tertiary alicyclic amines) is 1. The second-order valence-electron chi connectivity index (χ2n) is 7.54.